The third kappa shape index (κ3) is 3.98. The number of fused-ring (bicyclic) bond motifs is 1. The topological polar surface area (TPSA) is 49.6 Å². The Balaban J connectivity index is 1.40. The van der Waals surface area contributed by atoms with Gasteiger partial charge in [-0.15, -0.1) is 0 Å². The van der Waals surface area contributed by atoms with E-state index in [9.17, 15) is 4.79 Å². The van der Waals surface area contributed by atoms with Crippen molar-refractivity contribution in [1.29, 1.82) is 0 Å². The van der Waals surface area contributed by atoms with Gasteiger partial charge in [-0.05, 0) is 37.0 Å². The van der Waals surface area contributed by atoms with Gasteiger partial charge < -0.3 is 9.32 Å². The van der Waals surface area contributed by atoms with Crippen molar-refractivity contribution >= 4 is 5.91 Å². The molecule has 0 aromatic carbocycles. The average molecular weight is 360 g/mol. The van der Waals surface area contributed by atoms with Crippen LogP contribution in [-0.4, -0.2) is 46.9 Å². The second-order valence-electron chi connectivity index (χ2n) is 9.03. The molecule has 2 atom stereocenters. The minimum Gasteiger partial charge on any atom is -0.437 e. The summed E-state index contributed by atoms with van der Waals surface area (Å²) in [6.45, 7) is 9.14. The Labute approximate surface area is 157 Å². The van der Waals surface area contributed by atoms with Crippen molar-refractivity contribution in [2.75, 3.05) is 26.2 Å². The number of rotatable bonds is 3. The van der Waals surface area contributed by atoms with Crippen molar-refractivity contribution < 1.29 is 9.21 Å². The van der Waals surface area contributed by atoms with Crippen LogP contribution in [0.5, 0.6) is 0 Å². The maximum absolute atomic E-state index is 12.9. The molecule has 0 unspecified atom stereocenters. The minimum atomic E-state index is -0.0170. The summed E-state index contributed by atoms with van der Waals surface area (Å²) < 4.78 is 5.90. The van der Waals surface area contributed by atoms with Crippen LogP contribution in [0.4, 0.5) is 0 Å². The lowest BCUT2D eigenvalue weighted by molar-refractivity contribution is 0.0581. The molecular weight excluding hydrogens is 326 g/mol. The molecule has 1 saturated heterocycles. The molecule has 2 fully saturated rings. The molecule has 1 aliphatic carbocycles. The van der Waals surface area contributed by atoms with Gasteiger partial charge in [0.1, 0.15) is 5.76 Å². The lowest BCUT2D eigenvalue weighted by Crippen LogP contribution is -2.42. The zero-order valence-corrected chi connectivity index (χ0v) is 16.4. The third-order valence-corrected chi connectivity index (χ3v) is 6.39. The predicted molar refractivity (Wildman–Crippen MR) is 101 cm³/mol. The standard InChI is InChI=1S/C21H33N3O2/c1-15-10-16(2)12-24(11-15)21(25)20-22-18-14-23(9-8-19(18)26-20)13-17-6-4-3-5-7-17/h15-17H,3-14H2,1-2H3/t15-,16-/m0/s1. The number of likely N-dealkylation sites (tertiary alicyclic amines) is 1. The summed E-state index contributed by atoms with van der Waals surface area (Å²) in [4.78, 5) is 21.9. The van der Waals surface area contributed by atoms with Crippen molar-refractivity contribution in [3.63, 3.8) is 0 Å². The van der Waals surface area contributed by atoms with Gasteiger partial charge in [0.25, 0.3) is 5.89 Å². The molecule has 3 aliphatic rings. The van der Waals surface area contributed by atoms with E-state index in [0.29, 0.717) is 17.7 Å². The molecule has 0 bridgehead atoms. The molecule has 5 heteroatoms. The first-order valence-corrected chi connectivity index (χ1v) is 10.6. The van der Waals surface area contributed by atoms with E-state index >= 15 is 0 Å². The van der Waals surface area contributed by atoms with Crippen LogP contribution in [0, 0.1) is 17.8 Å². The summed E-state index contributed by atoms with van der Waals surface area (Å²) in [6.07, 6.45) is 9.01. The molecule has 144 valence electrons. The molecule has 0 N–H and O–H groups in total. The maximum atomic E-state index is 12.9. The van der Waals surface area contributed by atoms with E-state index in [1.54, 1.807) is 0 Å². The molecule has 1 aromatic rings. The van der Waals surface area contributed by atoms with Crippen molar-refractivity contribution in [2.45, 2.75) is 65.3 Å². The van der Waals surface area contributed by atoms with Gasteiger partial charge in [-0.2, -0.15) is 0 Å². The van der Waals surface area contributed by atoms with Gasteiger partial charge >= 0.3 is 5.91 Å². The Hall–Kier alpha value is -1.36. The highest BCUT2D eigenvalue weighted by atomic mass is 16.4. The van der Waals surface area contributed by atoms with Crippen LogP contribution >= 0.6 is 0 Å². The van der Waals surface area contributed by atoms with Crippen LogP contribution in [0.2, 0.25) is 0 Å². The first-order chi connectivity index (χ1) is 12.6. The first-order valence-electron chi connectivity index (χ1n) is 10.6. The van der Waals surface area contributed by atoms with Gasteiger partial charge in [0.15, 0.2) is 0 Å². The summed E-state index contributed by atoms with van der Waals surface area (Å²) >= 11 is 0. The molecule has 1 saturated carbocycles. The fraction of sp³-hybridized carbons (Fsp3) is 0.810. The first kappa shape index (κ1) is 18.0. The lowest BCUT2D eigenvalue weighted by Gasteiger charge is -2.34. The van der Waals surface area contributed by atoms with E-state index in [1.165, 1.54) is 45.1 Å². The number of aromatic nitrogens is 1. The Bertz CT molecular complexity index is 625. The summed E-state index contributed by atoms with van der Waals surface area (Å²) in [5.74, 6) is 3.19. The quantitative estimate of drug-likeness (QED) is 0.825. The zero-order valence-electron chi connectivity index (χ0n) is 16.4. The predicted octanol–water partition coefficient (Wildman–Crippen LogP) is 3.73. The zero-order chi connectivity index (χ0) is 18.1. The van der Waals surface area contributed by atoms with Crippen LogP contribution in [0.3, 0.4) is 0 Å². The summed E-state index contributed by atoms with van der Waals surface area (Å²) in [6, 6.07) is 0. The van der Waals surface area contributed by atoms with Gasteiger partial charge in [-0.3, -0.25) is 9.69 Å². The van der Waals surface area contributed by atoms with Gasteiger partial charge in [0, 0.05) is 39.1 Å². The van der Waals surface area contributed by atoms with Gasteiger partial charge in [-0.25, -0.2) is 4.98 Å². The van der Waals surface area contributed by atoms with Crippen LogP contribution in [-0.2, 0) is 13.0 Å². The highest BCUT2D eigenvalue weighted by Gasteiger charge is 2.31. The van der Waals surface area contributed by atoms with Crippen molar-refractivity contribution in [1.82, 2.24) is 14.8 Å². The molecule has 3 heterocycles. The van der Waals surface area contributed by atoms with Crippen molar-refractivity contribution in [2.24, 2.45) is 17.8 Å². The van der Waals surface area contributed by atoms with Crippen LogP contribution in [0.25, 0.3) is 0 Å². The molecule has 4 rings (SSSR count). The Morgan fingerprint density at radius 3 is 2.62 bits per heavy atom. The van der Waals surface area contributed by atoms with Crippen molar-refractivity contribution in [3.8, 4) is 0 Å². The molecule has 1 amide bonds. The van der Waals surface area contributed by atoms with E-state index in [-0.39, 0.29) is 5.91 Å². The molecule has 26 heavy (non-hydrogen) atoms. The third-order valence-electron chi connectivity index (χ3n) is 6.39. The highest BCUT2D eigenvalue weighted by molar-refractivity contribution is 5.89. The van der Waals surface area contributed by atoms with E-state index < -0.39 is 0 Å². The van der Waals surface area contributed by atoms with E-state index in [4.69, 9.17) is 4.42 Å². The van der Waals surface area contributed by atoms with E-state index in [2.05, 4.69) is 23.7 Å². The average Bonchev–Trinajstić information content (AvgIpc) is 3.04. The Kier molecular flexibility index (Phi) is 5.35. The fourth-order valence-electron chi connectivity index (χ4n) is 5.20. The smallest absolute Gasteiger partial charge is 0.309 e. The SMILES string of the molecule is C[C@H]1C[C@H](C)CN(C(=O)c2nc3c(o2)CCN(CC2CCCCC2)C3)C1. The molecule has 2 aliphatic heterocycles. The molecule has 1 aromatic heterocycles. The summed E-state index contributed by atoms with van der Waals surface area (Å²) in [7, 11) is 0. The van der Waals surface area contributed by atoms with Crippen molar-refractivity contribution in [3.05, 3.63) is 17.3 Å². The number of amides is 1. The van der Waals surface area contributed by atoms with Crippen LogP contribution in [0.1, 0.15) is 74.5 Å². The Morgan fingerprint density at radius 1 is 1.15 bits per heavy atom. The summed E-state index contributed by atoms with van der Waals surface area (Å²) in [5.41, 5.74) is 0.994. The largest absolute Gasteiger partial charge is 0.437 e. The number of carbonyl (C=O) groups is 1. The maximum Gasteiger partial charge on any atom is 0.309 e. The minimum absolute atomic E-state index is 0.0170. The normalized spacial score (nSPS) is 28.2. The Morgan fingerprint density at radius 2 is 1.88 bits per heavy atom. The second-order valence-corrected chi connectivity index (χ2v) is 9.03. The van der Waals surface area contributed by atoms with E-state index in [1.807, 2.05) is 4.90 Å². The number of nitrogens with zero attached hydrogens (tertiary/aromatic N) is 3. The second kappa shape index (κ2) is 7.71. The number of hydrogen-bond donors (Lipinski definition) is 0. The van der Waals surface area contributed by atoms with Gasteiger partial charge in [-0.1, -0.05) is 33.1 Å². The molecule has 5 nitrogen and oxygen atoms in total. The number of piperidine rings is 1. The molecule has 0 radical (unpaired) electrons. The summed E-state index contributed by atoms with van der Waals surface area (Å²) in [5, 5.41) is 0. The number of hydrogen-bond acceptors (Lipinski definition) is 4. The highest BCUT2D eigenvalue weighted by Crippen LogP contribution is 2.28. The molecular formula is C21H33N3O2. The lowest BCUT2D eigenvalue weighted by atomic mass is 9.88. The van der Waals surface area contributed by atoms with Crippen LogP contribution < -0.4 is 0 Å². The fourth-order valence-corrected chi connectivity index (χ4v) is 5.20. The number of oxazole rings is 1. The van der Waals surface area contributed by atoms with Gasteiger partial charge in [0.05, 0.1) is 5.69 Å². The number of carbonyl (C=O) groups excluding carboxylic acids is 1. The van der Waals surface area contributed by atoms with Crippen LogP contribution in [0.15, 0.2) is 4.42 Å². The molecule has 0 spiro atoms. The van der Waals surface area contributed by atoms with Gasteiger partial charge in [0.2, 0.25) is 0 Å². The van der Waals surface area contributed by atoms with E-state index in [0.717, 1.165) is 50.0 Å². The monoisotopic (exact) mass is 359 g/mol.